The Kier molecular flexibility index (Phi) is 9.30. The van der Waals surface area contributed by atoms with Crippen LogP contribution in [0.1, 0.15) is 38.3 Å². The minimum atomic E-state index is 0. The number of guanidine groups is 1. The van der Waals surface area contributed by atoms with Gasteiger partial charge in [0.1, 0.15) is 5.75 Å². The van der Waals surface area contributed by atoms with Crippen LogP contribution in [0.3, 0.4) is 0 Å². The van der Waals surface area contributed by atoms with E-state index in [1.165, 1.54) is 18.4 Å². The Morgan fingerprint density at radius 2 is 2.04 bits per heavy atom. The Hall–Kier alpha value is -1.06. The molecule has 0 spiro atoms. The van der Waals surface area contributed by atoms with Crippen molar-refractivity contribution >= 4 is 29.9 Å². The van der Waals surface area contributed by atoms with Crippen LogP contribution in [0, 0.1) is 5.41 Å². The highest BCUT2D eigenvalue weighted by Gasteiger charge is 2.33. The fourth-order valence-corrected chi connectivity index (χ4v) is 3.71. The predicted octanol–water partition coefficient (Wildman–Crippen LogP) is 3.04. The number of aliphatic imine (C=N–C) groups is 1. The van der Waals surface area contributed by atoms with E-state index in [4.69, 9.17) is 14.5 Å². The summed E-state index contributed by atoms with van der Waals surface area (Å²) in [6.45, 7) is 10.7. The van der Waals surface area contributed by atoms with Crippen molar-refractivity contribution in [2.75, 3.05) is 53.0 Å². The van der Waals surface area contributed by atoms with Gasteiger partial charge in [-0.3, -0.25) is 9.89 Å². The molecule has 1 unspecified atom stereocenters. The van der Waals surface area contributed by atoms with E-state index in [1.54, 1.807) is 7.11 Å². The van der Waals surface area contributed by atoms with Gasteiger partial charge in [-0.05, 0) is 50.6 Å². The lowest BCUT2D eigenvalue weighted by molar-refractivity contribution is -0.0945. The highest BCUT2D eigenvalue weighted by atomic mass is 127. The number of benzene rings is 1. The molecular formula is C21H35IN4O2. The fraction of sp³-hybridized carbons (Fsp3) is 0.667. The van der Waals surface area contributed by atoms with Crippen molar-refractivity contribution in [3.05, 3.63) is 29.8 Å². The third-order valence-corrected chi connectivity index (χ3v) is 5.39. The molecule has 0 aromatic heterocycles. The van der Waals surface area contributed by atoms with Gasteiger partial charge in [0.05, 0.1) is 32.9 Å². The number of likely N-dealkylation sites (tertiary alicyclic amines) is 1. The molecule has 0 bridgehead atoms. The van der Waals surface area contributed by atoms with Crippen molar-refractivity contribution in [2.45, 2.75) is 32.7 Å². The van der Waals surface area contributed by atoms with Gasteiger partial charge in [-0.25, -0.2) is 0 Å². The number of ether oxygens (including phenoxy) is 2. The average molecular weight is 502 g/mol. The lowest BCUT2D eigenvalue weighted by atomic mass is 9.89. The molecule has 2 aliphatic rings. The average Bonchev–Trinajstić information content (AvgIpc) is 3.19. The zero-order chi connectivity index (χ0) is 19.1. The summed E-state index contributed by atoms with van der Waals surface area (Å²) < 4.78 is 10.8. The molecule has 2 saturated heterocycles. The molecular weight excluding hydrogens is 467 g/mol. The zero-order valence-corrected chi connectivity index (χ0v) is 19.7. The van der Waals surface area contributed by atoms with Crippen molar-refractivity contribution in [1.29, 1.82) is 0 Å². The van der Waals surface area contributed by atoms with Crippen LogP contribution >= 0.6 is 24.0 Å². The number of nitrogens with zero attached hydrogens (tertiary/aromatic N) is 2. The van der Waals surface area contributed by atoms with E-state index in [0.717, 1.165) is 57.6 Å². The Balaban J connectivity index is 0.00000280. The maximum Gasteiger partial charge on any atom is 0.191 e. The van der Waals surface area contributed by atoms with E-state index in [2.05, 4.69) is 47.6 Å². The standard InChI is InChI=1S/C21H34N4O2.HI/c1-4-22-20(24-14-21(2)15-27-16-21)23-13-19(25-10-5-6-11-25)17-8-7-9-18(12-17)26-3;/h7-9,12,19H,4-6,10-11,13-16H2,1-3H3,(H2,22,23,24);1H. The Bertz CT molecular complexity index is 631. The Labute approximate surface area is 186 Å². The number of halogens is 1. The van der Waals surface area contributed by atoms with Gasteiger partial charge in [0.15, 0.2) is 5.96 Å². The second-order valence-electron chi connectivity index (χ2n) is 7.92. The molecule has 7 heteroatoms. The second kappa shape index (κ2) is 11.2. The van der Waals surface area contributed by atoms with Gasteiger partial charge in [-0.2, -0.15) is 0 Å². The van der Waals surface area contributed by atoms with E-state index in [9.17, 15) is 0 Å². The highest BCUT2D eigenvalue weighted by molar-refractivity contribution is 14.0. The van der Waals surface area contributed by atoms with Crippen molar-refractivity contribution in [2.24, 2.45) is 10.4 Å². The van der Waals surface area contributed by atoms with Crippen molar-refractivity contribution in [1.82, 2.24) is 15.5 Å². The molecule has 0 saturated carbocycles. The summed E-state index contributed by atoms with van der Waals surface area (Å²) in [6.07, 6.45) is 2.54. The SMILES string of the molecule is CCNC(=NCC1(C)COC1)NCC(c1cccc(OC)c1)N1CCCC1.I. The summed E-state index contributed by atoms with van der Waals surface area (Å²) in [6, 6.07) is 8.75. The summed E-state index contributed by atoms with van der Waals surface area (Å²) >= 11 is 0. The fourth-order valence-electron chi connectivity index (χ4n) is 3.71. The van der Waals surface area contributed by atoms with Gasteiger partial charge >= 0.3 is 0 Å². The molecule has 158 valence electrons. The quantitative estimate of drug-likeness (QED) is 0.325. The van der Waals surface area contributed by atoms with Gasteiger partial charge in [0.2, 0.25) is 0 Å². The van der Waals surface area contributed by atoms with Crippen molar-refractivity contribution < 1.29 is 9.47 Å². The van der Waals surface area contributed by atoms with E-state index >= 15 is 0 Å². The molecule has 1 aromatic carbocycles. The maximum atomic E-state index is 5.44. The molecule has 1 aromatic rings. The van der Waals surface area contributed by atoms with Gasteiger partial charge in [0, 0.05) is 18.5 Å². The van der Waals surface area contributed by atoms with Crippen LogP contribution in [0.2, 0.25) is 0 Å². The van der Waals surface area contributed by atoms with Crippen LogP contribution in [0.5, 0.6) is 5.75 Å². The second-order valence-corrected chi connectivity index (χ2v) is 7.92. The minimum absolute atomic E-state index is 0. The molecule has 0 radical (unpaired) electrons. The summed E-state index contributed by atoms with van der Waals surface area (Å²) in [7, 11) is 1.73. The summed E-state index contributed by atoms with van der Waals surface area (Å²) in [5, 5.41) is 6.95. The van der Waals surface area contributed by atoms with Crippen molar-refractivity contribution in [3.63, 3.8) is 0 Å². The van der Waals surface area contributed by atoms with Gasteiger partial charge in [0.25, 0.3) is 0 Å². The number of nitrogens with one attached hydrogen (secondary N) is 2. The van der Waals surface area contributed by atoms with Crippen LogP contribution in [0.15, 0.2) is 29.3 Å². The number of methoxy groups -OCH3 is 1. The zero-order valence-electron chi connectivity index (χ0n) is 17.4. The van der Waals surface area contributed by atoms with Gasteiger partial charge in [-0.15, -0.1) is 24.0 Å². The first-order valence-electron chi connectivity index (χ1n) is 10.1. The van der Waals surface area contributed by atoms with Crippen LogP contribution in [0.4, 0.5) is 0 Å². The number of hydrogen-bond donors (Lipinski definition) is 2. The number of hydrogen-bond acceptors (Lipinski definition) is 4. The third-order valence-electron chi connectivity index (χ3n) is 5.39. The summed E-state index contributed by atoms with van der Waals surface area (Å²) in [4.78, 5) is 7.37. The van der Waals surface area contributed by atoms with Gasteiger partial charge < -0.3 is 20.1 Å². The summed E-state index contributed by atoms with van der Waals surface area (Å²) in [5.74, 6) is 1.80. The molecule has 28 heavy (non-hydrogen) atoms. The van der Waals surface area contributed by atoms with Crippen LogP contribution in [-0.2, 0) is 4.74 Å². The van der Waals surface area contributed by atoms with E-state index in [1.807, 2.05) is 6.07 Å². The first-order chi connectivity index (χ1) is 13.1. The first-order valence-corrected chi connectivity index (χ1v) is 10.1. The maximum absolute atomic E-state index is 5.44. The Morgan fingerprint density at radius 3 is 2.64 bits per heavy atom. The molecule has 2 aliphatic heterocycles. The topological polar surface area (TPSA) is 58.1 Å². The number of rotatable bonds is 8. The van der Waals surface area contributed by atoms with Crippen LogP contribution in [-0.4, -0.2) is 63.9 Å². The van der Waals surface area contributed by atoms with Crippen molar-refractivity contribution in [3.8, 4) is 5.75 Å². The molecule has 6 nitrogen and oxygen atoms in total. The molecule has 2 heterocycles. The third kappa shape index (κ3) is 6.22. The predicted molar refractivity (Wildman–Crippen MR) is 125 cm³/mol. The lowest BCUT2D eigenvalue weighted by Gasteiger charge is -2.36. The first kappa shape index (κ1) is 23.2. The van der Waals surface area contributed by atoms with E-state index in [-0.39, 0.29) is 29.4 Å². The highest BCUT2D eigenvalue weighted by Crippen LogP contribution is 2.28. The lowest BCUT2D eigenvalue weighted by Crippen LogP contribution is -2.46. The molecule has 0 aliphatic carbocycles. The van der Waals surface area contributed by atoms with Crippen LogP contribution in [0.25, 0.3) is 0 Å². The van der Waals surface area contributed by atoms with Crippen LogP contribution < -0.4 is 15.4 Å². The van der Waals surface area contributed by atoms with E-state index in [0.29, 0.717) is 6.04 Å². The molecule has 2 fully saturated rings. The van der Waals surface area contributed by atoms with Gasteiger partial charge in [-0.1, -0.05) is 19.1 Å². The molecule has 0 amide bonds. The Morgan fingerprint density at radius 1 is 1.29 bits per heavy atom. The smallest absolute Gasteiger partial charge is 0.191 e. The minimum Gasteiger partial charge on any atom is -0.497 e. The largest absolute Gasteiger partial charge is 0.497 e. The molecule has 3 rings (SSSR count). The monoisotopic (exact) mass is 502 g/mol. The van der Waals surface area contributed by atoms with E-state index < -0.39 is 0 Å². The molecule has 2 N–H and O–H groups in total. The summed E-state index contributed by atoms with van der Waals surface area (Å²) in [5.41, 5.74) is 1.47. The normalized spacial score (nSPS) is 20.0. The molecule has 1 atom stereocenters.